The van der Waals surface area contributed by atoms with Gasteiger partial charge in [0.1, 0.15) is 5.75 Å². The standard InChI is InChI=1S/C17H26N2O/c1-13-7-8-15(14(2)19)16(11-13)20-10-6-5-9-17(3,4)12-18/h7-8,11,14H,5-6,9-10,19H2,1-4H3/t14-/m0/s1. The number of benzene rings is 1. The van der Waals surface area contributed by atoms with Gasteiger partial charge < -0.3 is 10.5 Å². The van der Waals surface area contributed by atoms with Crippen LogP contribution in [0.25, 0.3) is 0 Å². The van der Waals surface area contributed by atoms with Gasteiger partial charge in [0.15, 0.2) is 0 Å². The fourth-order valence-electron chi connectivity index (χ4n) is 2.05. The average Bonchev–Trinajstić information content (AvgIpc) is 2.38. The fourth-order valence-corrected chi connectivity index (χ4v) is 2.05. The second-order valence-electron chi connectivity index (χ2n) is 6.13. The van der Waals surface area contributed by atoms with E-state index < -0.39 is 0 Å². The summed E-state index contributed by atoms with van der Waals surface area (Å²) >= 11 is 0. The van der Waals surface area contributed by atoms with Gasteiger partial charge in [-0.05, 0) is 58.6 Å². The number of ether oxygens (including phenoxy) is 1. The highest BCUT2D eigenvalue weighted by atomic mass is 16.5. The number of aryl methyl sites for hydroxylation is 1. The maximum atomic E-state index is 8.96. The van der Waals surface area contributed by atoms with Gasteiger partial charge in [-0.15, -0.1) is 0 Å². The molecule has 1 atom stereocenters. The van der Waals surface area contributed by atoms with Crippen molar-refractivity contribution in [2.45, 2.75) is 53.0 Å². The SMILES string of the molecule is Cc1ccc([C@H](C)N)c(OCCCCC(C)(C)C#N)c1. The molecule has 3 heteroatoms. The number of nitrogens with two attached hydrogens (primary N) is 1. The van der Waals surface area contributed by atoms with E-state index in [-0.39, 0.29) is 11.5 Å². The van der Waals surface area contributed by atoms with Gasteiger partial charge in [-0.25, -0.2) is 0 Å². The topological polar surface area (TPSA) is 59.0 Å². The van der Waals surface area contributed by atoms with Crippen LogP contribution in [-0.2, 0) is 0 Å². The van der Waals surface area contributed by atoms with E-state index in [0.717, 1.165) is 30.6 Å². The molecule has 0 aliphatic carbocycles. The molecule has 3 nitrogen and oxygen atoms in total. The zero-order chi connectivity index (χ0) is 15.2. The first-order valence-corrected chi connectivity index (χ1v) is 7.26. The predicted octanol–water partition coefficient (Wildman–Crippen LogP) is 4.11. The molecule has 0 radical (unpaired) electrons. The van der Waals surface area contributed by atoms with Crippen molar-refractivity contribution in [2.24, 2.45) is 11.1 Å². The van der Waals surface area contributed by atoms with Crippen molar-refractivity contribution in [3.05, 3.63) is 29.3 Å². The number of hydrogen-bond donors (Lipinski definition) is 1. The zero-order valence-corrected chi connectivity index (χ0v) is 13.1. The van der Waals surface area contributed by atoms with Crippen molar-refractivity contribution in [3.63, 3.8) is 0 Å². The first-order valence-electron chi connectivity index (χ1n) is 7.26. The molecule has 0 aliphatic heterocycles. The van der Waals surface area contributed by atoms with Crippen LogP contribution in [0.5, 0.6) is 5.75 Å². The van der Waals surface area contributed by atoms with Crippen LogP contribution in [0.4, 0.5) is 0 Å². The molecular weight excluding hydrogens is 248 g/mol. The van der Waals surface area contributed by atoms with E-state index >= 15 is 0 Å². The van der Waals surface area contributed by atoms with Crippen molar-refractivity contribution >= 4 is 0 Å². The van der Waals surface area contributed by atoms with Gasteiger partial charge in [-0.3, -0.25) is 0 Å². The largest absolute Gasteiger partial charge is 0.493 e. The van der Waals surface area contributed by atoms with Crippen molar-refractivity contribution < 1.29 is 4.74 Å². The van der Waals surface area contributed by atoms with Crippen LogP contribution in [0.3, 0.4) is 0 Å². The molecule has 20 heavy (non-hydrogen) atoms. The van der Waals surface area contributed by atoms with Gasteiger partial charge in [-0.2, -0.15) is 5.26 Å². The van der Waals surface area contributed by atoms with Crippen molar-refractivity contribution in [3.8, 4) is 11.8 Å². The average molecular weight is 274 g/mol. The quantitative estimate of drug-likeness (QED) is 0.761. The van der Waals surface area contributed by atoms with Crippen molar-refractivity contribution in [1.82, 2.24) is 0 Å². The van der Waals surface area contributed by atoms with Crippen LogP contribution in [-0.4, -0.2) is 6.61 Å². The summed E-state index contributed by atoms with van der Waals surface area (Å²) in [6, 6.07) is 8.43. The minimum atomic E-state index is -0.236. The Morgan fingerprint density at radius 3 is 2.65 bits per heavy atom. The number of rotatable bonds is 7. The van der Waals surface area contributed by atoms with Gasteiger partial charge in [0.05, 0.1) is 18.1 Å². The molecule has 0 aliphatic rings. The van der Waals surface area contributed by atoms with E-state index in [4.69, 9.17) is 15.7 Å². The Balaban J connectivity index is 2.46. The Labute approximate surface area is 122 Å². The third kappa shape index (κ3) is 5.22. The number of nitriles is 1. The third-order valence-electron chi connectivity index (χ3n) is 3.42. The Morgan fingerprint density at radius 2 is 2.05 bits per heavy atom. The Kier molecular flexibility index (Phi) is 6.04. The summed E-state index contributed by atoms with van der Waals surface area (Å²) in [6.07, 6.45) is 2.86. The highest BCUT2D eigenvalue weighted by Crippen LogP contribution is 2.26. The molecule has 0 bridgehead atoms. The fraction of sp³-hybridized carbons (Fsp3) is 0.588. The van der Waals surface area contributed by atoms with Crippen LogP contribution < -0.4 is 10.5 Å². The van der Waals surface area contributed by atoms with Gasteiger partial charge >= 0.3 is 0 Å². The summed E-state index contributed by atoms with van der Waals surface area (Å²) < 4.78 is 5.86. The maximum absolute atomic E-state index is 8.96. The lowest BCUT2D eigenvalue weighted by Gasteiger charge is -2.16. The highest BCUT2D eigenvalue weighted by molar-refractivity contribution is 5.38. The first kappa shape index (κ1) is 16.5. The zero-order valence-electron chi connectivity index (χ0n) is 13.1. The minimum Gasteiger partial charge on any atom is -0.493 e. The van der Waals surface area contributed by atoms with Crippen LogP contribution in [0.1, 0.15) is 57.2 Å². The van der Waals surface area contributed by atoms with Crippen LogP contribution in [0.15, 0.2) is 18.2 Å². The number of hydrogen-bond acceptors (Lipinski definition) is 3. The molecule has 1 aromatic carbocycles. The van der Waals surface area contributed by atoms with E-state index in [2.05, 4.69) is 12.1 Å². The summed E-state index contributed by atoms with van der Waals surface area (Å²) in [7, 11) is 0. The molecule has 0 amide bonds. The summed E-state index contributed by atoms with van der Waals surface area (Å²) in [5.41, 5.74) is 7.94. The smallest absolute Gasteiger partial charge is 0.124 e. The van der Waals surface area contributed by atoms with E-state index in [1.54, 1.807) is 0 Å². The van der Waals surface area contributed by atoms with Gasteiger partial charge in [-0.1, -0.05) is 12.1 Å². The van der Waals surface area contributed by atoms with Crippen LogP contribution >= 0.6 is 0 Å². The van der Waals surface area contributed by atoms with Crippen molar-refractivity contribution in [2.75, 3.05) is 6.61 Å². The third-order valence-corrected chi connectivity index (χ3v) is 3.42. The predicted molar refractivity (Wildman–Crippen MR) is 82.5 cm³/mol. The van der Waals surface area contributed by atoms with Crippen LogP contribution in [0, 0.1) is 23.7 Å². The summed E-state index contributed by atoms with van der Waals surface area (Å²) in [4.78, 5) is 0. The van der Waals surface area contributed by atoms with E-state index in [1.165, 1.54) is 5.56 Å². The summed E-state index contributed by atoms with van der Waals surface area (Å²) in [5, 5.41) is 8.96. The molecule has 1 rings (SSSR count). The summed E-state index contributed by atoms with van der Waals surface area (Å²) in [6.45, 7) is 8.64. The molecule has 110 valence electrons. The molecule has 0 fully saturated rings. The van der Waals surface area contributed by atoms with Gasteiger partial charge in [0.25, 0.3) is 0 Å². The minimum absolute atomic E-state index is 0.0249. The molecule has 0 heterocycles. The maximum Gasteiger partial charge on any atom is 0.124 e. The monoisotopic (exact) mass is 274 g/mol. The molecule has 0 saturated carbocycles. The number of unbranched alkanes of at least 4 members (excludes halogenated alkanes) is 1. The lowest BCUT2D eigenvalue weighted by atomic mass is 9.89. The van der Waals surface area contributed by atoms with Gasteiger partial charge in [0, 0.05) is 11.6 Å². The highest BCUT2D eigenvalue weighted by Gasteiger charge is 2.15. The lowest BCUT2D eigenvalue weighted by molar-refractivity contribution is 0.291. The first-order chi connectivity index (χ1) is 9.35. The van der Waals surface area contributed by atoms with Crippen molar-refractivity contribution in [1.29, 1.82) is 5.26 Å². The molecule has 0 aromatic heterocycles. The molecule has 0 unspecified atom stereocenters. The van der Waals surface area contributed by atoms with Crippen LogP contribution in [0.2, 0.25) is 0 Å². The van der Waals surface area contributed by atoms with Gasteiger partial charge in [0.2, 0.25) is 0 Å². The Hall–Kier alpha value is -1.53. The lowest BCUT2D eigenvalue weighted by Crippen LogP contribution is -2.10. The Morgan fingerprint density at radius 1 is 1.35 bits per heavy atom. The molecule has 0 spiro atoms. The second kappa shape index (κ2) is 7.31. The van der Waals surface area contributed by atoms with E-state index in [1.807, 2.05) is 39.8 Å². The Bertz CT molecular complexity index is 472. The molecular formula is C17H26N2O. The second-order valence-corrected chi connectivity index (χ2v) is 6.13. The molecule has 2 N–H and O–H groups in total. The van der Waals surface area contributed by atoms with E-state index in [0.29, 0.717) is 6.61 Å². The normalized spacial score (nSPS) is 12.8. The molecule has 1 aromatic rings. The number of nitrogens with zero attached hydrogens (tertiary/aromatic N) is 1. The molecule has 0 saturated heterocycles. The summed E-state index contributed by atoms with van der Waals surface area (Å²) in [5.74, 6) is 0.888. The van der Waals surface area contributed by atoms with E-state index in [9.17, 15) is 0 Å².